The Balaban J connectivity index is 1.91. The van der Waals surface area contributed by atoms with Crippen molar-refractivity contribution < 1.29 is 4.74 Å². The molecule has 3 nitrogen and oxygen atoms in total. The Hall–Kier alpha value is -2.10. The third-order valence-electron chi connectivity index (χ3n) is 4.25. The third kappa shape index (κ3) is 2.67. The van der Waals surface area contributed by atoms with Crippen LogP contribution in [-0.4, -0.2) is 37.5 Å². The number of nitrogens with zero attached hydrogens (tertiary/aromatic N) is 2. The topological polar surface area (TPSA) is 24.8 Å². The highest BCUT2D eigenvalue weighted by Crippen LogP contribution is 2.35. The molecule has 1 heterocycles. The highest BCUT2D eigenvalue weighted by Gasteiger charge is 2.12. The van der Waals surface area contributed by atoms with E-state index in [0.29, 0.717) is 0 Å². The summed E-state index contributed by atoms with van der Waals surface area (Å²) in [7, 11) is 0. The van der Waals surface area contributed by atoms with E-state index in [9.17, 15) is 0 Å². The van der Waals surface area contributed by atoms with Gasteiger partial charge in [0.25, 0.3) is 0 Å². The molecule has 0 atom stereocenters. The fourth-order valence-corrected chi connectivity index (χ4v) is 3.39. The lowest BCUT2D eigenvalue weighted by molar-refractivity contribution is 0.0397. The second-order valence-corrected chi connectivity index (χ2v) is 6.01. The number of hydrogen-bond donors (Lipinski definition) is 0. The number of ether oxygens (including phenoxy) is 1. The fourth-order valence-electron chi connectivity index (χ4n) is 3.06. The molecule has 23 heavy (non-hydrogen) atoms. The summed E-state index contributed by atoms with van der Waals surface area (Å²) in [6.07, 6.45) is 1.96. The summed E-state index contributed by atoms with van der Waals surface area (Å²) in [5, 5.41) is 11.9. The number of halogens is 1. The van der Waals surface area contributed by atoms with Crippen molar-refractivity contribution in [2.24, 2.45) is 5.10 Å². The van der Waals surface area contributed by atoms with Gasteiger partial charge in [-0.1, -0.05) is 60.1 Å². The van der Waals surface area contributed by atoms with Gasteiger partial charge in [0.1, 0.15) is 0 Å². The van der Waals surface area contributed by atoms with Crippen LogP contribution in [0.3, 0.4) is 0 Å². The van der Waals surface area contributed by atoms with E-state index in [1.807, 2.05) is 30.5 Å². The Morgan fingerprint density at radius 3 is 1.96 bits per heavy atom. The lowest BCUT2D eigenvalue weighted by Crippen LogP contribution is -2.32. The fraction of sp³-hybridized carbons (Fsp3) is 0.211. The molecule has 0 N–H and O–H groups in total. The normalized spacial score (nSPS) is 15.8. The van der Waals surface area contributed by atoms with Crippen molar-refractivity contribution >= 4 is 39.4 Å². The van der Waals surface area contributed by atoms with Crippen LogP contribution >= 0.6 is 11.6 Å². The minimum Gasteiger partial charge on any atom is -0.378 e. The molecule has 1 aliphatic heterocycles. The number of fused-ring (bicyclic) bond motifs is 2. The first kappa shape index (κ1) is 14.5. The van der Waals surface area contributed by atoms with Gasteiger partial charge in [-0.15, -0.1) is 0 Å². The van der Waals surface area contributed by atoms with Crippen LogP contribution in [0.5, 0.6) is 0 Å². The Labute approximate surface area is 140 Å². The maximum Gasteiger partial charge on any atom is 0.0659 e. The van der Waals surface area contributed by atoms with Crippen molar-refractivity contribution in [3.63, 3.8) is 0 Å². The quantitative estimate of drug-likeness (QED) is 0.518. The first-order valence-electron chi connectivity index (χ1n) is 7.80. The molecule has 0 saturated carbocycles. The summed E-state index contributed by atoms with van der Waals surface area (Å²) in [6.45, 7) is 3.14. The van der Waals surface area contributed by atoms with Crippen molar-refractivity contribution in [3.8, 4) is 0 Å². The number of rotatable bonds is 2. The summed E-state index contributed by atoms with van der Waals surface area (Å²) in [5.74, 6) is 0. The number of benzene rings is 3. The van der Waals surface area contributed by atoms with Crippen molar-refractivity contribution in [2.75, 3.05) is 26.3 Å². The summed E-state index contributed by atoms with van der Waals surface area (Å²) in [4.78, 5) is 0. The van der Waals surface area contributed by atoms with E-state index in [1.165, 1.54) is 0 Å². The van der Waals surface area contributed by atoms with Crippen LogP contribution in [0.1, 0.15) is 5.56 Å². The predicted octanol–water partition coefficient (Wildman–Crippen LogP) is 4.31. The van der Waals surface area contributed by atoms with Gasteiger partial charge in [-0.25, -0.2) is 0 Å². The highest BCUT2D eigenvalue weighted by molar-refractivity contribution is 6.42. The smallest absolute Gasteiger partial charge is 0.0659 e. The van der Waals surface area contributed by atoms with Gasteiger partial charge in [0.2, 0.25) is 0 Å². The zero-order valence-corrected chi connectivity index (χ0v) is 13.5. The number of hydrazone groups is 1. The number of morpholine rings is 1. The van der Waals surface area contributed by atoms with E-state index >= 15 is 0 Å². The standard InChI is InChI=1S/C19H17ClN2O/c20-19-16-7-3-1-5-14(16)18(15-6-2-4-8-17(15)19)13-21-22-9-11-23-12-10-22/h1-8,13H,9-12H2/b21-13+. The van der Waals surface area contributed by atoms with Crippen LogP contribution < -0.4 is 0 Å². The largest absolute Gasteiger partial charge is 0.378 e. The Morgan fingerprint density at radius 1 is 0.870 bits per heavy atom. The van der Waals surface area contributed by atoms with Gasteiger partial charge in [0, 0.05) is 16.3 Å². The first-order chi connectivity index (χ1) is 11.3. The van der Waals surface area contributed by atoms with Crippen molar-refractivity contribution in [3.05, 3.63) is 59.1 Å². The maximum atomic E-state index is 6.62. The molecule has 1 saturated heterocycles. The molecule has 0 unspecified atom stereocenters. The second kappa shape index (κ2) is 6.19. The maximum absolute atomic E-state index is 6.62. The van der Waals surface area contributed by atoms with Crippen molar-refractivity contribution in [1.82, 2.24) is 5.01 Å². The van der Waals surface area contributed by atoms with Crippen LogP contribution in [0, 0.1) is 0 Å². The van der Waals surface area contributed by atoms with Gasteiger partial charge in [-0.05, 0) is 10.8 Å². The number of hydrogen-bond acceptors (Lipinski definition) is 3. The summed E-state index contributed by atoms with van der Waals surface area (Å²) in [5.41, 5.74) is 1.12. The lowest BCUT2D eigenvalue weighted by atomic mass is 9.97. The van der Waals surface area contributed by atoms with Crippen molar-refractivity contribution in [1.29, 1.82) is 0 Å². The molecule has 0 aromatic heterocycles. The van der Waals surface area contributed by atoms with Crippen LogP contribution in [0.4, 0.5) is 0 Å². The molecular formula is C19H17ClN2O. The molecule has 116 valence electrons. The Bertz CT molecular complexity index is 828. The molecule has 0 radical (unpaired) electrons. The van der Waals surface area contributed by atoms with E-state index < -0.39 is 0 Å². The molecule has 0 aliphatic carbocycles. The van der Waals surface area contributed by atoms with E-state index in [4.69, 9.17) is 16.3 Å². The molecule has 1 aliphatic rings. The van der Waals surface area contributed by atoms with Gasteiger partial charge in [-0.3, -0.25) is 5.01 Å². The highest BCUT2D eigenvalue weighted by atomic mass is 35.5. The average molecular weight is 325 g/mol. The SMILES string of the molecule is Clc1c2ccccc2c(/C=N/N2CCOCC2)c2ccccc12. The van der Waals surface area contributed by atoms with Crippen molar-refractivity contribution in [2.45, 2.75) is 0 Å². The zero-order valence-electron chi connectivity index (χ0n) is 12.7. The van der Waals surface area contributed by atoms with Gasteiger partial charge < -0.3 is 4.74 Å². The summed E-state index contributed by atoms with van der Waals surface area (Å²) < 4.78 is 5.37. The Kier molecular flexibility index (Phi) is 3.90. The molecular weight excluding hydrogens is 308 g/mol. The third-order valence-corrected chi connectivity index (χ3v) is 4.65. The van der Waals surface area contributed by atoms with Gasteiger partial charge >= 0.3 is 0 Å². The molecule has 3 aromatic rings. The first-order valence-corrected chi connectivity index (χ1v) is 8.18. The summed E-state index contributed by atoms with van der Waals surface area (Å²) >= 11 is 6.62. The van der Waals surface area contributed by atoms with Gasteiger partial charge in [0.05, 0.1) is 37.5 Å². The monoisotopic (exact) mass is 324 g/mol. The molecule has 4 heteroatoms. The molecule has 3 aromatic carbocycles. The predicted molar refractivity (Wildman–Crippen MR) is 96.5 cm³/mol. The zero-order chi connectivity index (χ0) is 15.6. The summed E-state index contributed by atoms with van der Waals surface area (Å²) in [6, 6.07) is 16.5. The average Bonchev–Trinajstić information content (AvgIpc) is 2.63. The van der Waals surface area contributed by atoms with E-state index in [0.717, 1.165) is 58.4 Å². The van der Waals surface area contributed by atoms with Crippen LogP contribution in [0.25, 0.3) is 21.5 Å². The van der Waals surface area contributed by atoms with Gasteiger partial charge in [0.15, 0.2) is 0 Å². The molecule has 4 rings (SSSR count). The van der Waals surface area contributed by atoms with Crippen LogP contribution in [0.2, 0.25) is 5.02 Å². The van der Waals surface area contributed by atoms with E-state index in [1.54, 1.807) is 0 Å². The van der Waals surface area contributed by atoms with E-state index in [-0.39, 0.29) is 0 Å². The molecule has 0 amide bonds. The Morgan fingerprint density at radius 2 is 1.39 bits per heavy atom. The van der Waals surface area contributed by atoms with Crippen LogP contribution in [-0.2, 0) is 4.74 Å². The molecule has 0 bridgehead atoms. The molecule has 0 spiro atoms. The minimum absolute atomic E-state index is 0.736. The minimum atomic E-state index is 0.736. The second-order valence-electron chi connectivity index (χ2n) is 5.63. The lowest BCUT2D eigenvalue weighted by Gasteiger charge is -2.23. The van der Waals surface area contributed by atoms with E-state index in [2.05, 4.69) is 34.4 Å². The van der Waals surface area contributed by atoms with Gasteiger partial charge in [-0.2, -0.15) is 5.10 Å². The van der Waals surface area contributed by atoms with Crippen LogP contribution in [0.15, 0.2) is 53.6 Å². The molecule has 1 fully saturated rings.